The SMILES string of the molecule is CNCC(=O)NC1CCN(Cc2ccccc2)C(C)C1. The first kappa shape index (κ1) is 15.0. The standard InChI is InChI=1S/C16H25N3O/c1-13-10-15(18-16(20)11-17-2)8-9-19(13)12-14-6-4-3-5-7-14/h3-7,13,15,17H,8-12H2,1-2H3,(H,18,20). The molecular formula is C16H25N3O. The summed E-state index contributed by atoms with van der Waals surface area (Å²) in [6.07, 6.45) is 2.06. The summed E-state index contributed by atoms with van der Waals surface area (Å²) in [5.74, 6) is 0.0983. The number of piperidine rings is 1. The molecule has 0 aromatic heterocycles. The van der Waals surface area contributed by atoms with Crippen LogP contribution in [0.25, 0.3) is 0 Å². The zero-order chi connectivity index (χ0) is 14.4. The third-order valence-electron chi connectivity index (χ3n) is 3.94. The van der Waals surface area contributed by atoms with Crippen molar-refractivity contribution in [1.82, 2.24) is 15.5 Å². The Bertz CT molecular complexity index is 421. The molecule has 110 valence electrons. The summed E-state index contributed by atoms with van der Waals surface area (Å²) in [6.45, 7) is 4.69. The molecule has 20 heavy (non-hydrogen) atoms. The van der Waals surface area contributed by atoms with Gasteiger partial charge in [-0.2, -0.15) is 0 Å². The highest BCUT2D eigenvalue weighted by molar-refractivity contribution is 5.78. The molecule has 0 saturated carbocycles. The first-order valence-electron chi connectivity index (χ1n) is 7.41. The second-order valence-electron chi connectivity index (χ2n) is 5.62. The van der Waals surface area contributed by atoms with Gasteiger partial charge in [0.15, 0.2) is 0 Å². The van der Waals surface area contributed by atoms with Crippen LogP contribution in [0.5, 0.6) is 0 Å². The van der Waals surface area contributed by atoms with Crippen LogP contribution in [0.2, 0.25) is 0 Å². The van der Waals surface area contributed by atoms with E-state index in [1.54, 1.807) is 7.05 Å². The van der Waals surface area contributed by atoms with Gasteiger partial charge in [-0.05, 0) is 32.4 Å². The Morgan fingerprint density at radius 1 is 1.35 bits per heavy atom. The van der Waals surface area contributed by atoms with Crippen LogP contribution < -0.4 is 10.6 Å². The number of hydrogen-bond acceptors (Lipinski definition) is 3. The molecule has 0 aliphatic carbocycles. The highest BCUT2D eigenvalue weighted by Gasteiger charge is 2.26. The second-order valence-corrected chi connectivity index (χ2v) is 5.62. The molecule has 1 amide bonds. The smallest absolute Gasteiger partial charge is 0.234 e. The van der Waals surface area contributed by atoms with E-state index in [1.165, 1.54) is 5.56 Å². The lowest BCUT2D eigenvalue weighted by molar-refractivity contribution is -0.121. The van der Waals surface area contributed by atoms with Crippen LogP contribution in [0.3, 0.4) is 0 Å². The van der Waals surface area contributed by atoms with Crippen molar-refractivity contribution >= 4 is 5.91 Å². The number of hydrogen-bond donors (Lipinski definition) is 2. The number of rotatable bonds is 5. The Labute approximate surface area is 121 Å². The van der Waals surface area contributed by atoms with Gasteiger partial charge in [-0.3, -0.25) is 9.69 Å². The number of amides is 1. The number of nitrogens with one attached hydrogen (secondary N) is 2. The number of carbonyl (C=O) groups excluding carboxylic acids is 1. The van der Waals surface area contributed by atoms with Gasteiger partial charge in [0.25, 0.3) is 0 Å². The number of carbonyl (C=O) groups is 1. The molecule has 0 spiro atoms. The van der Waals surface area contributed by atoms with E-state index < -0.39 is 0 Å². The normalized spacial score (nSPS) is 23.5. The van der Waals surface area contributed by atoms with Crippen LogP contribution in [0.15, 0.2) is 30.3 Å². The summed E-state index contributed by atoms with van der Waals surface area (Å²) in [4.78, 5) is 14.1. The second kappa shape index (κ2) is 7.41. The average Bonchev–Trinajstić information content (AvgIpc) is 2.43. The highest BCUT2D eigenvalue weighted by atomic mass is 16.1. The van der Waals surface area contributed by atoms with Crippen LogP contribution in [0.1, 0.15) is 25.3 Å². The van der Waals surface area contributed by atoms with E-state index in [4.69, 9.17) is 0 Å². The van der Waals surface area contributed by atoms with Crippen LogP contribution >= 0.6 is 0 Å². The third-order valence-corrected chi connectivity index (χ3v) is 3.94. The maximum absolute atomic E-state index is 11.6. The van der Waals surface area contributed by atoms with Crippen LogP contribution in [-0.4, -0.2) is 43.0 Å². The lowest BCUT2D eigenvalue weighted by Crippen LogP contribution is -2.49. The van der Waals surface area contributed by atoms with Crippen molar-refractivity contribution in [3.05, 3.63) is 35.9 Å². The molecule has 2 N–H and O–H groups in total. The molecule has 2 rings (SSSR count). The fourth-order valence-electron chi connectivity index (χ4n) is 2.84. The fourth-order valence-corrected chi connectivity index (χ4v) is 2.84. The van der Waals surface area contributed by atoms with Gasteiger partial charge < -0.3 is 10.6 Å². The Morgan fingerprint density at radius 3 is 2.75 bits per heavy atom. The third kappa shape index (κ3) is 4.32. The monoisotopic (exact) mass is 275 g/mol. The molecule has 1 aliphatic heterocycles. The fraction of sp³-hybridized carbons (Fsp3) is 0.562. The zero-order valence-electron chi connectivity index (χ0n) is 12.4. The number of likely N-dealkylation sites (N-methyl/N-ethyl adjacent to an activating group) is 1. The summed E-state index contributed by atoms with van der Waals surface area (Å²) in [7, 11) is 1.80. The van der Waals surface area contributed by atoms with Crippen molar-refractivity contribution in [3.8, 4) is 0 Å². The quantitative estimate of drug-likeness (QED) is 0.853. The van der Waals surface area contributed by atoms with Crippen molar-refractivity contribution in [2.45, 2.75) is 38.4 Å². The van der Waals surface area contributed by atoms with Gasteiger partial charge in [0.2, 0.25) is 5.91 Å². The summed E-state index contributed by atoms with van der Waals surface area (Å²) >= 11 is 0. The maximum atomic E-state index is 11.6. The van der Waals surface area contributed by atoms with Gasteiger partial charge in [-0.15, -0.1) is 0 Å². The van der Waals surface area contributed by atoms with Crippen LogP contribution in [-0.2, 0) is 11.3 Å². The van der Waals surface area contributed by atoms with E-state index in [0.717, 1.165) is 25.9 Å². The number of benzene rings is 1. The summed E-state index contributed by atoms with van der Waals surface area (Å²) < 4.78 is 0. The van der Waals surface area contributed by atoms with Gasteiger partial charge in [-0.25, -0.2) is 0 Å². The minimum absolute atomic E-state index is 0.0983. The van der Waals surface area contributed by atoms with Crippen molar-refractivity contribution in [3.63, 3.8) is 0 Å². The Balaban J connectivity index is 1.82. The van der Waals surface area contributed by atoms with Crippen molar-refractivity contribution in [1.29, 1.82) is 0 Å². The van der Waals surface area contributed by atoms with E-state index in [1.807, 2.05) is 0 Å². The van der Waals surface area contributed by atoms with Crippen LogP contribution in [0, 0.1) is 0 Å². The molecule has 0 bridgehead atoms. The summed E-state index contributed by atoms with van der Waals surface area (Å²) in [5.41, 5.74) is 1.36. The molecule has 1 aromatic rings. The molecule has 2 unspecified atom stereocenters. The largest absolute Gasteiger partial charge is 0.352 e. The van der Waals surface area contributed by atoms with Gasteiger partial charge in [0, 0.05) is 25.2 Å². The molecule has 1 aliphatic rings. The van der Waals surface area contributed by atoms with Gasteiger partial charge in [0.1, 0.15) is 0 Å². The molecule has 1 heterocycles. The van der Waals surface area contributed by atoms with E-state index in [9.17, 15) is 4.79 Å². The Hall–Kier alpha value is -1.39. The molecule has 1 saturated heterocycles. The van der Waals surface area contributed by atoms with Gasteiger partial charge in [0.05, 0.1) is 6.54 Å². The maximum Gasteiger partial charge on any atom is 0.234 e. The molecule has 2 atom stereocenters. The molecule has 4 nitrogen and oxygen atoms in total. The van der Waals surface area contributed by atoms with Crippen LogP contribution in [0.4, 0.5) is 0 Å². The van der Waals surface area contributed by atoms with E-state index in [2.05, 4.69) is 52.8 Å². The number of likely N-dealkylation sites (tertiary alicyclic amines) is 1. The first-order valence-corrected chi connectivity index (χ1v) is 7.41. The topological polar surface area (TPSA) is 44.4 Å². The zero-order valence-corrected chi connectivity index (χ0v) is 12.4. The first-order chi connectivity index (χ1) is 9.69. The predicted octanol–water partition coefficient (Wildman–Crippen LogP) is 1.38. The summed E-state index contributed by atoms with van der Waals surface area (Å²) in [6, 6.07) is 11.4. The van der Waals surface area contributed by atoms with Gasteiger partial charge in [-0.1, -0.05) is 30.3 Å². The minimum Gasteiger partial charge on any atom is -0.352 e. The molecule has 1 aromatic carbocycles. The Kier molecular flexibility index (Phi) is 5.56. The lowest BCUT2D eigenvalue weighted by Gasteiger charge is -2.38. The highest BCUT2D eigenvalue weighted by Crippen LogP contribution is 2.19. The number of nitrogens with zero attached hydrogens (tertiary/aromatic N) is 1. The summed E-state index contributed by atoms with van der Waals surface area (Å²) in [5, 5.41) is 5.99. The van der Waals surface area contributed by atoms with Crippen molar-refractivity contribution in [2.75, 3.05) is 20.1 Å². The molecule has 0 radical (unpaired) electrons. The van der Waals surface area contributed by atoms with Crippen molar-refractivity contribution < 1.29 is 4.79 Å². The predicted molar refractivity (Wildman–Crippen MR) is 81.4 cm³/mol. The lowest BCUT2D eigenvalue weighted by atomic mass is 9.97. The molecular weight excluding hydrogens is 250 g/mol. The Morgan fingerprint density at radius 2 is 2.10 bits per heavy atom. The average molecular weight is 275 g/mol. The molecule has 4 heteroatoms. The van der Waals surface area contributed by atoms with E-state index >= 15 is 0 Å². The minimum atomic E-state index is 0.0983. The van der Waals surface area contributed by atoms with E-state index in [-0.39, 0.29) is 5.91 Å². The van der Waals surface area contributed by atoms with Gasteiger partial charge >= 0.3 is 0 Å². The van der Waals surface area contributed by atoms with E-state index in [0.29, 0.717) is 18.6 Å². The van der Waals surface area contributed by atoms with Crippen molar-refractivity contribution in [2.24, 2.45) is 0 Å². The molecule has 1 fully saturated rings.